The second-order valence-corrected chi connectivity index (χ2v) is 4.44. The predicted molar refractivity (Wildman–Crippen MR) is 73.6 cm³/mol. The number of benzene rings is 2. The maximum atomic E-state index is 12.8. The Labute approximate surface area is 112 Å². The average molecular weight is 257 g/mol. The van der Waals surface area contributed by atoms with Crippen molar-refractivity contribution < 1.29 is 9.18 Å². The van der Waals surface area contributed by atoms with Gasteiger partial charge in [0.05, 0.1) is 6.54 Å². The highest BCUT2D eigenvalue weighted by Gasteiger charge is 2.09. The summed E-state index contributed by atoms with van der Waals surface area (Å²) in [5, 5.41) is 3.17. The molecule has 1 N–H and O–H groups in total. The van der Waals surface area contributed by atoms with E-state index >= 15 is 0 Å². The molecule has 0 radical (unpaired) electrons. The van der Waals surface area contributed by atoms with Crippen LogP contribution in [0.3, 0.4) is 0 Å². The van der Waals surface area contributed by atoms with E-state index in [4.69, 9.17) is 0 Å². The molecule has 0 saturated carbocycles. The predicted octanol–water partition coefficient (Wildman–Crippen LogP) is 3.36. The first kappa shape index (κ1) is 13.4. The van der Waals surface area contributed by atoms with Crippen molar-refractivity contribution in [2.24, 2.45) is 0 Å². The lowest BCUT2D eigenvalue weighted by molar-refractivity contribution is 0.0988. The van der Waals surface area contributed by atoms with Crippen LogP contribution < -0.4 is 5.32 Å². The summed E-state index contributed by atoms with van der Waals surface area (Å²) in [7, 11) is 0. The Morgan fingerprint density at radius 1 is 1.11 bits per heavy atom. The van der Waals surface area contributed by atoms with Crippen molar-refractivity contribution in [2.45, 2.75) is 13.0 Å². The number of Topliss-reactive ketones (excluding diaryl/α,β-unsaturated/α-hetero) is 1. The molecule has 0 heterocycles. The quantitative estimate of drug-likeness (QED) is 0.832. The molecule has 98 valence electrons. The van der Waals surface area contributed by atoms with Crippen molar-refractivity contribution in [3.63, 3.8) is 0 Å². The number of hydrogen-bond acceptors (Lipinski definition) is 2. The molecule has 0 aromatic heterocycles. The summed E-state index contributed by atoms with van der Waals surface area (Å²) < 4.78 is 12.8. The first-order valence-electron chi connectivity index (χ1n) is 6.24. The van der Waals surface area contributed by atoms with Gasteiger partial charge in [-0.1, -0.05) is 30.3 Å². The molecule has 2 aromatic rings. The maximum absolute atomic E-state index is 12.8. The van der Waals surface area contributed by atoms with E-state index in [1.54, 1.807) is 0 Å². The fourth-order valence-electron chi connectivity index (χ4n) is 1.84. The van der Waals surface area contributed by atoms with Gasteiger partial charge >= 0.3 is 0 Å². The molecule has 0 fully saturated rings. The summed E-state index contributed by atoms with van der Waals surface area (Å²) in [4.78, 5) is 11.9. The molecule has 0 aliphatic heterocycles. The number of ketones is 1. The van der Waals surface area contributed by atoms with Crippen LogP contribution in [0.4, 0.5) is 4.39 Å². The Balaban J connectivity index is 1.92. The van der Waals surface area contributed by atoms with Gasteiger partial charge in [0, 0.05) is 11.6 Å². The van der Waals surface area contributed by atoms with E-state index in [2.05, 4.69) is 5.32 Å². The standard InChI is InChI=1S/C16H16FNO/c1-12(13-5-3-2-4-6-13)18-11-16(19)14-7-9-15(17)10-8-14/h2-10,12,18H,11H2,1H3/t12-/m0/s1. The molecule has 19 heavy (non-hydrogen) atoms. The molecule has 0 bridgehead atoms. The van der Waals surface area contributed by atoms with Gasteiger partial charge in [0.1, 0.15) is 5.82 Å². The Hall–Kier alpha value is -2.00. The third kappa shape index (κ3) is 3.73. The summed E-state index contributed by atoms with van der Waals surface area (Å²) in [5.74, 6) is -0.370. The fraction of sp³-hybridized carbons (Fsp3) is 0.188. The molecule has 0 aliphatic carbocycles. The van der Waals surface area contributed by atoms with Crippen molar-refractivity contribution in [3.8, 4) is 0 Å². The highest BCUT2D eigenvalue weighted by Crippen LogP contribution is 2.11. The van der Waals surface area contributed by atoms with E-state index in [-0.39, 0.29) is 24.2 Å². The zero-order valence-electron chi connectivity index (χ0n) is 10.8. The van der Waals surface area contributed by atoms with Gasteiger partial charge in [-0.2, -0.15) is 0 Å². The second-order valence-electron chi connectivity index (χ2n) is 4.44. The van der Waals surface area contributed by atoms with Gasteiger partial charge in [-0.05, 0) is 36.8 Å². The monoisotopic (exact) mass is 257 g/mol. The zero-order chi connectivity index (χ0) is 13.7. The molecule has 0 aliphatic rings. The molecule has 2 rings (SSSR count). The minimum Gasteiger partial charge on any atom is -0.303 e. The Bertz CT molecular complexity index is 536. The molecule has 3 heteroatoms. The summed E-state index contributed by atoms with van der Waals surface area (Å²) in [6, 6.07) is 15.6. The highest BCUT2D eigenvalue weighted by atomic mass is 19.1. The minimum atomic E-state index is -0.331. The van der Waals surface area contributed by atoms with Crippen LogP contribution in [0.1, 0.15) is 28.9 Å². The van der Waals surface area contributed by atoms with Gasteiger partial charge in [0.25, 0.3) is 0 Å². The summed E-state index contributed by atoms with van der Waals surface area (Å²) in [6.07, 6.45) is 0. The Kier molecular flexibility index (Phi) is 4.42. The molecular formula is C16H16FNO. The number of carbonyl (C=O) groups is 1. The maximum Gasteiger partial charge on any atom is 0.176 e. The molecule has 0 saturated heterocycles. The lowest BCUT2D eigenvalue weighted by Gasteiger charge is -2.13. The summed E-state index contributed by atoms with van der Waals surface area (Å²) >= 11 is 0. The smallest absolute Gasteiger partial charge is 0.176 e. The third-order valence-electron chi connectivity index (χ3n) is 3.03. The van der Waals surface area contributed by atoms with Crippen LogP contribution in [0.15, 0.2) is 54.6 Å². The largest absolute Gasteiger partial charge is 0.303 e. The van der Waals surface area contributed by atoms with E-state index in [1.807, 2.05) is 37.3 Å². The molecular weight excluding hydrogens is 241 g/mol. The van der Waals surface area contributed by atoms with Gasteiger partial charge in [0.2, 0.25) is 0 Å². The van der Waals surface area contributed by atoms with Crippen LogP contribution in [-0.4, -0.2) is 12.3 Å². The topological polar surface area (TPSA) is 29.1 Å². The van der Waals surface area contributed by atoms with Gasteiger partial charge in [-0.3, -0.25) is 4.79 Å². The highest BCUT2D eigenvalue weighted by molar-refractivity contribution is 5.97. The van der Waals surface area contributed by atoms with E-state index < -0.39 is 0 Å². The van der Waals surface area contributed by atoms with Crippen LogP contribution in [0.5, 0.6) is 0 Å². The number of nitrogens with one attached hydrogen (secondary N) is 1. The van der Waals surface area contributed by atoms with E-state index in [9.17, 15) is 9.18 Å². The molecule has 2 nitrogen and oxygen atoms in total. The van der Waals surface area contributed by atoms with Crippen LogP contribution >= 0.6 is 0 Å². The Morgan fingerprint density at radius 3 is 2.37 bits per heavy atom. The van der Waals surface area contributed by atoms with Crippen LogP contribution in [0, 0.1) is 5.82 Å². The Morgan fingerprint density at radius 2 is 1.74 bits per heavy atom. The summed E-state index contributed by atoms with van der Waals surface area (Å²) in [6.45, 7) is 2.25. The van der Waals surface area contributed by atoms with Crippen molar-refractivity contribution >= 4 is 5.78 Å². The normalized spacial score (nSPS) is 12.1. The number of rotatable bonds is 5. The van der Waals surface area contributed by atoms with E-state index in [1.165, 1.54) is 24.3 Å². The van der Waals surface area contributed by atoms with Gasteiger partial charge in [-0.25, -0.2) is 4.39 Å². The molecule has 0 unspecified atom stereocenters. The zero-order valence-corrected chi connectivity index (χ0v) is 10.8. The lowest BCUT2D eigenvalue weighted by Crippen LogP contribution is -2.26. The number of hydrogen-bond donors (Lipinski definition) is 1. The SMILES string of the molecule is C[C@H](NCC(=O)c1ccc(F)cc1)c1ccccc1. The van der Waals surface area contributed by atoms with Gasteiger partial charge in [0.15, 0.2) is 5.78 Å². The average Bonchev–Trinajstić information content (AvgIpc) is 2.46. The van der Waals surface area contributed by atoms with Crippen molar-refractivity contribution in [1.82, 2.24) is 5.32 Å². The van der Waals surface area contributed by atoms with E-state index in [0.717, 1.165) is 5.56 Å². The van der Waals surface area contributed by atoms with Crippen molar-refractivity contribution in [2.75, 3.05) is 6.54 Å². The van der Waals surface area contributed by atoms with Crippen molar-refractivity contribution in [1.29, 1.82) is 0 Å². The third-order valence-corrected chi connectivity index (χ3v) is 3.03. The second kappa shape index (κ2) is 6.25. The van der Waals surface area contributed by atoms with Gasteiger partial charge in [-0.15, -0.1) is 0 Å². The lowest BCUT2D eigenvalue weighted by atomic mass is 10.1. The number of halogens is 1. The van der Waals surface area contributed by atoms with Gasteiger partial charge < -0.3 is 5.32 Å². The number of carbonyl (C=O) groups excluding carboxylic acids is 1. The first-order valence-corrected chi connectivity index (χ1v) is 6.24. The summed E-state index contributed by atoms with van der Waals surface area (Å²) in [5.41, 5.74) is 1.66. The minimum absolute atomic E-state index is 0.0391. The van der Waals surface area contributed by atoms with Crippen LogP contribution in [-0.2, 0) is 0 Å². The first-order chi connectivity index (χ1) is 9.16. The van der Waals surface area contributed by atoms with E-state index in [0.29, 0.717) is 5.56 Å². The molecule has 2 aromatic carbocycles. The van der Waals surface area contributed by atoms with Crippen molar-refractivity contribution in [3.05, 3.63) is 71.5 Å². The molecule has 1 atom stereocenters. The fourth-order valence-corrected chi connectivity index (χ4v) is 1.84. The van der Waals surface area contributed by atoms with Crippen LogP contribution in [0.2, 0.25) is 0 Å². The molecule has 0 amide bonds. The molecule has 0 spiro atoms. The van der Waals surface area contributed by atoms with Crippen LogP contribution in [0.25, 0.3) is 0 Å².